The number of aryl methyl sites for hydroxylation is 1. The largest absolute Gasteiger partial charge is 0.486 e. The van der Waals surface area contributed by atoms with Crippen LogP contribution in [0.25, 0.3) is 0 Å². The molecule has 0 aliphatic carbocycles. The Balaban J connectivity index is 1.49. The van der Waals surface area contributed by atoms with E-state index in [9.17, 15) is 4.79 Å². The summed E-state index contributed by atoms with van der Waals surface area (Å²) in [6, 6.07) is 16.2. The molecule has 0 saturated heterocycles. The van der Waals surface area contributed by atoms with Gasteiger partial charge < -0.3 is 15.9 Å². The second kappa shape index (κ2) is 10.7. The smallest absolute Gasteiger partial charge is 0.230 e. The Morgan fingerprint density at radius 2 is 1.79 bits per heavy atom. The van der Waals surface area contributed by atoms with Crippen LogP contribution in [0, 0.1) is 0 Å². The van der Waals surface area contributed by atoms with Crippen LogP contribution < -0.4 is 15.9 Å². The number of nitrogens with one attached hydrogen (secondary N) is 1. The van der Waals surface area contributed by atoms with Crippen LogP contribution in [0.4, 0.5) is 0 Å². The van der Waals surface area contributed by atoms with Crippen LogP contribution in [-0.4, -0.2) is 26.5 Å². The number of nitrogen functional groups attached to an aromatic ring is 1. The van der Waals surface area contributed by atoms with Gasteiger partial charge in [0.2, 0.25) is 11.1 Å². The van der Waals surface area contributed by atoms with E-state index in [-0.39, 0.29) is 29.7 Å². The number of ether oxygens (including phenoxy) is 1. The van der Waals surface area contributed by atoms with Crippen LogP contribution in [0.15, 0.2) is 53.7 Å². The third kappa shape index (κ3) is 6.74. The third-order valence-electron chi connectivity index (χ3n) is 5.42. The van der Waals surface area contributed by atoms with E-state index in [0.29, 0.717) is 11.0 Å². The Labute approximate surface area is 200 Å². The number of thioether (sulfide) groups is 1. The second-order valence-corrected chi connectivity index (χ2v) is 9.95. The molecule has 7 nitrogen and oxygen atoms in total. The van der Waals surface area contributed by atoms with E-state index < -0.39 is 0 Å². The highest BCUT2D eigenvalue weighted by Crippen LogP contribution is 2.25. The van der Waals surface area contributed by atoms with E-state index in [1.165, 1.54) is 27.6 Å². The molecular weight excluding hydrogens is 434 g/mol. The van der Waals surface area contributed by atoms with Gasteiger partial charge in [-0.25, -0.2) is 4.68 Å². The molecular formula is C25H33N5O2S. The molecule has 0 aliphatic heterocycles. The van der Waals surface area contributed by atoms with Gasteiger partial charge in [0.1, 0.15) is 12.4 Å². The average molecular weight is 468 g/mol. The molecule has 0 aliphatic rings. The van der Waals surface area contributed by atoms with Gasteiger partial charge in [-0.3, -0.25) is 4.79 Å². The van der Waals surface area contributed by atoms with Gasteiger partial charge in [0.15, 0.2) is 5.82 Å². The van der Waals surface area contributed by atoms with Crippen molar-refractivity contribution in [3.8, 4) is 5.75 Å². The summed E-state index contributed by atoms with van der Waals surface area (Å²) in [6.07, 6.45) is 0.994. The minimum atomic E-state index is -0.0909. The molecule has 0 bridgehead atoms. The molecule has 3 aromatic rings. The second-order valence-electron chi connectivity index (χ2n) is 9.00. The summed E-state index contributed by atoms with van der Waals surface area (Å²) >= 11 is 1.24. The summed E-state index contributed by atoms with van der Waals surface area (Å²) in [7, 11) is 0. The van der Waals surface area contributed by atoms with Crippen molar-refractivity contribution in [3.05, 3.63) is 71.0 Å². The summed E-state index contributed by atoms with van der Waals surface area (Å²) < 4.78 is 7.18. The summed E-state index contributed by atoms with van der Waals surface area (Å²) in [5.74, 6) is 7.44. The van der Waals surface area contributed by atoms with E-state index >= 15 is 0 Å². The Kier molecular flexibility index (Phi) is 8.02. The monoisotopic (exact) mass is 467 g/mol. The molecule has 3 rings (SSSR count). The molecule has 0 saturated carbocycles. The van der Waals surface area contributed by atoms with Crippen molar-refractivity contribution in [1.82, 2.24) is 20.2 Å². The predicted octanol–water partition coefficient (Wildman–Crippen LogP) is 4.40. The summed E-state index contributed by atoms with van der Waals surface area (Å²) in [5.41, 5.74) is 3.67. The molecule has 2 aromatic carbocycles. The van der Waals surface area contributed by atoms with Crippen molar-refractivity contribution in [2.75, 3.05) is 11.6 Å². The molecule has 1 unspecified atom stereocenters. The van der Waals surface area contributed by atoms with Crippen LogP contribution in [0.2, 0.25) is 0 Å². The normalized spacial score (nSPS) is 12.4. The lowest BCUT2D eigenvalue weighted by Gasteiger charge is -2.19. The minimum Gasteiger partial charge on any atom is -0.486 e. The lowest BCUT2D eigenvalue weighted by molar-refractivity contribution is -0.119. The van der Waals surface area contributed by atoms with Gasteiger partial charge in [-0.2, -0.15) is 0 Å². The van der Waals surface area contributed by atoms with Crippen LogP contribution in [0.5, 0.6) is 5.75 Å². The summed E-state index contributed by atoms with van der Waals surface area (Å²) in [5, 5.41) is 11.7. The lowest BCUT2D eigenvalue weighted by atomic mass is 9.87. The number of aromatic nitrogens is 3. The fourth-order valence-electron chi connectivity index (χ4n) is 3.24. The van der Waals surface area contributed by atoms with Gasteiger partial charge in [0, 0.05) is 0 Å². The Bertz CT molecular complexity index is 1060. The number of rotatable bonds is 9. The number of carbonyl (C=O) groups excluding carboxylic acids is 1. The van der Waals surface area contributed by atoms with E-state index in [1.54, 1.807) is 0 Å². The molecule has 0 spiro atoms. The first-order valence-electron chi connectivity index (χ1n) is 11.1. The molecule has 0 fully saturated rings. The zero-order valence-electron chi connectivity index (χ0n) is 20.0. The van der Waals surface area contributed by atoms with Crippen LogP contribution in [-0.2, 0) is 23.2 Å². The summed E-state index contributed by atoms with van der Waals surface area (Å²) in [4.78, 5) is 12.4. The van der Waals surface area contributed by atoms with Crippen LogP contribution in [0.1, 0.15) is 63.2 Å². The van der Waals surface area contributed by atoms with Gasteiger partial charge in [-0.1, -0.05) is 75.9 Å². The quantitative estimate of drug-likeness (QED) is 0.358. The van der Waals surface area contributed by atoms with Crippen molar-refractivity contribution in [2.24, 2.45) is 0 Å². The molecule has 8 heteroatoms. The van der Waals surface area contributed by atoms with Crippen molar-refractivity contribution >= 4 is 17.7 Å². The van der Waals surface area contributed by atoms with Gasteiger partial charge in [0.25, 0.3) is 0 Å². The number of nitrogens with zero attached hydrogens (tertiary/aromatic N) is 3. The molecule has 1 atom stereocenters. The maximum Gasteiger partial charge on any atom is 0.230 e. The SMILES string of the molecule is CCc1ccc(C(C)NC(=O)CSc2nnc(COc3ccc(C(C)(C)C)cc3)n2N)cc1. The zero-order chi connectivity index (χ0) is 24.0. The highest BCUT2D eigenvalue weighted by molar-refractivity contribution is 7.99. The van der Waals surface area contributed by atoms with Crippen molar-refractivity contribution in [3.63, 3.8) is 0 Å². The highest BCUT2D eigenvalue weighted by atomic mass is 32.2. The topological polar surface area (TPSA) is 95.1 Å². The van der Waals surface area contributed by atoms with Gasteiger partial charge in [-0.05, 0) is 47.6 Å². The fraction of sp³-hybridized carbons (Fsp3) is 0.400. The van der Waals surface area contributed by atoms with Gasteiger partial charge in [-0.15, -0.1) is 10.2 Å². The molecule has 3 N–H and O–H groups in total. The van der Waals surface area contributed by atoms with Crippen LogP contribution in [0.3, 0.4) is 0 Å². The Morgan fingerprint density at radius 1 is 1.12 bits per heavy atom. The standard InChI is InChI=1S/C25H33N5O2S/c1-6-18-7-9-19(10-8-18)17(2)27-23(31)16-33-24-29-28-22(30(24)26)15-32-21-13-11-20(12-14-21)25(3,4)5/h7-14,17H,6,15-16,26H2,1-5H3,(H,27,31). The third-order valence-corrected chi connectivity index (χ3v) is 6.36. The molecule has 176 valence electrons. The van der Waals surface area contributed by atoms with Crippen molar-refractivity contribution in [2.45, 2.75) is 64.3 Å². The fourth-order valence-corrected chi connectivity index (χ4v) is 3.93. The number of carbonyl (C=O) groups is 1. The van der Waals surface area contributed by atoms with E-state index in [4.69, 9.17) is 10.6 Å². The Morgan fingerprint density at radius 3 is 2.39 bits per heavy atom. The minimum absolute atomic E-state index is 0.0756. The molecule has 33 heavy (non-hydrogen) atoms. The summed E-state index contributed by atoms with van der Waals surface area (Å²) in [6.45, 7) is 10.8. The average Bonchev–Trinajstić information content (AvgIpc) is 3.15. The maximum absolute atomic E-state index is 12.4. The molecule has 1 amide bonds. The number of benzene rings is 2. The van der Waals surface area contributed by atoms with E-state index in [2.05, 4.69) is 79.6 Å². The lowest BCUT2D eigenvalue weighted by Crippen LogP contribution is -2.28. The maximum atomic E-state index is 12.4. The van der Waals surface area contributed by atoms with E-state index in [1.807, 2.05) is 19.1 Å². The molecule has 0 radical (unpaired) electrons. The predicted molar refractivity (Wildman–Crippen MR) is 133 cm³/mol. The first-order valence-corrected chi connectivity index (χ1v) is 12.1. The van der Waals surface area contributed by atoms with Crippen molar-refractivity contribution in [1.29, 1.82) is 0 Å². The number of amides is 1. The van der Waals surface area contributed by atoms with Gasteiger partial charge in [0.05, 0.1) is 11.8 Å². The highest BCUT2D eigenvalue weighted by Gasteiger charge is 2.16. The Hall–Kier alpha value is -3.00. The number of hydrogen-bond donors (Lipinski definition) is 2. The number of nitrogens with two attached hydrogens (primary N) is 1. The number of hydrogen-bond acceptors (Lipinski definition) is 6. The molecule has 1 heterocycles. The van der Waals surface area contributed by atoms with Gasteiger partial charge >= 0.3 is 0 Å². The van der Waals surface area contributed by atoms with Crippen LogP contribution >= 0.6 is 11.8 Å². The first-order chi connectivity index (χ1) is 15.7. The van der Waals surface area contributed by atoms with Crippen molar-refractivity contribution < 1.29 is 9.53 Å². The molecule has 1 aromatic heterocycles. The zero-order valence-corrected chi connectivity index (χ0v) is 20.8. The first kappa shape index (κ1) is 24.6. The van der Waals surface area contributed by atoms with E-state index in [0.717, 1.165) is 17.7 Å².